The van der Waals surface area contributed by atoms with E-state index in [1.165, 1.54) is 19.1 Å². The Bertz CT molecular complexity index is 867. The van der Waals surface area contributed by atoms with Crippen LogP contribution in [0.15, 0.2) is 48.7 Å². The highest BCUT2D eigenvalue weighted by molar-refractivity contribution is 5.99. The molecular weight excluding hydrogens is 270 g/mol. The van der Waals surface area contributed by atoms with Gasteiger partial charge in [0.25, 0.3) is 5.69 Å². The van der Waals surface area contributed by atoms with Crippen molar-refractivity contribution < 1.29 is 9.72 Å². The molecule has 3 aromatic rings. The molecule has 2 aromatic carbocycles. The number of carbonyl (C=O) groups is 1. The van der Waals surface area contributed by atoms with E-state index in [1.807, 2.05) is 24.3 Å². The molecule has 0 atom stereocenters. The van der Waals surface area contributed by atoms with Crippen LogP contribution in [0.25, 0.3) is 16.6 Å². The predicted octanol–water partition coefficient (Wildman–Crippen LogP) is 3.14. The third kappa shape index (κ3) is 2.16. The molecule has 3 rings (SSSR count). The first kappa shape index (κ1) is 13.0. The van der Waals surface area contributed by atoms with Gasteiger partial charge < -0.3 is 0 Å². The van der Waals surface area contributed by atoms with Gasteiger partial charge >= 0.3 is 0 Å². The van der Waals surface area contributed by atoms with E-state index in [4.69, 9.17) is 0 Å². The average molecular weight is 281 g/mol. The van der Waals surface area contributed by atoms with Crippen LogP contribution in [0.4, 0.5) is 5.69 Å². The van der Waals surface area contributed by atoms with Gasteiger partial charge in [0, 0.05) is 23.1 Å². The SMILES string of the molecule is CC(=O)c1cc([N+](=O)[O-])ccc1-n1ncc2ccccc21. The van der Waals surface area contributed by atoms with Crippen molar-refractivity contribution in [3.63, 3.8) is 0 Å². The van der Waals surface area contributed by atoms with Crippen LogP contribution in [0.1, 0.15) is 17.3 Å². The quantitative estimate of drug-likeness (QED) is 0.419. The van der Waals surface area contributed by atoms with Gasteiger partial charge in [0.15, 0.2) is 5.78 Å². The number of hydrogen-bond donors (Lipinski definition) is 0. The Morgan fingerprint density at radius 2 is 2.00 bits per heavy atom. The summed E-state index contributed by atoms with van der Waals surface area (Å²) in [6.07, 6.45) is 1.70. The van der Waals surface area contributed by atoms with Crippen molar-refractivity contribution >= 4 is 22.4 Å². The second kappa shape index (κ2) is 4.82. The van der Waals surface area contributed by atoms with Crippen molar-refractivity contribution in [1.29, 1.82) is 0 Å². The molecule has 0 aliphatic heterocycles. The monoisotopic (exact) mass is 281 g/mol. The van der Waals surface area contributed by atoms with Gasteiger partial charge in [-0.05, 0) is 19.1 Å². The van der Waals surface area contributed by atoms with Crippen LogP contribution in [0, 0.1) is 10.1 Å². The number of nitro groups is 1. The first-order valence-electron chi connectivity index (χ1n) is 6.30. The van der Waals surface area contributed by atoms with Crippen LogP contribution in [-0.4, -0.2) is 20.5 Å². The summed E-state index contributed by atoms with van der Waals surface area (Å²) < 4.78 is 1.62. The number of para-hydroxylation sites is 1. The number of hydrogen-bond acceptors (Lipinski definition) is 4. The van der Waals surface area contributed by atoms with E-state index in [9.17, 15) is 14.9 Å². The summed E-state index contributed by atoms with van der Waals surface area (Å²) in [6, 6.07) is 11.8. The molecule has 0 N–H and O–H groups in total. The summed E-state index contributed by atoms with van der Waals surface area (Å²) in [4.78, 5) is 22.1. The van der Waals surface area contributed by atoms with Crippen LogP contribution >= 0.6 is 0 Å². The number of aromatic nitrogens is 2. The summed E-state index contributed by atoms with van der Waals surface area (Å²) in [5.41, 5.74) is 1.54. The number of nitrogens with zero attached hydrogens (tertiary/aromatic N) is 3. The summed E-state index contributed by atoms with van der Waals surface area (Å²) in [6.45, 7) is 1.38. The summed E-state index contributed by atoms with van der Waals surface area (Å²) in [7, 11) is 0. The molecular formula is C15H11N3O3. The highest BCUT2D eigenvalue weighted by atomic mass is 16.6. The maximum Gasteiger partial charge on any atom is 0.270 e. The molecule has 0 amide bonds. The third-order valence-corrected chi connectivity index (χ3v) is 3.28. The Morgan fingerprint density at radius 1 is 1.24 bits per heavy atom. The molecule has 0 aliphatic rings. The van der Waals surface area contributed by atoms with Crippen LogP contribution in [0.2, 0.25) is 0 Å². The lowest BCUT2D eigenvalue weighted by Crippen LogP contribution is -2.05. The molecule has 0 saturated heterocycles. The molecule has 0 fully saturated rings. The second-order valence-electron chi connectivity index (χ2n) is 4.63. The minimum absolute atomic E-state index is 0.111. The Labute approximate surface area is 119 Å². The number of ketones is 1. The van der Waals surface area contributed by atoms with Gasteiger partial charge in [-0.2, -0.15) is 5.10 Å². The van der Waals surface area contributed by atoms with E-state index in [0.29, 0.717) is 5.69 Å². The largest absolute Gasteiger partial charge is 0.294 e. The van der Waals surface area contributed by atoms with Crippen LogP contribution in [0.3, 0.4) is 0 Å². The molecule has 0 aliphatic carbocycles. The molecule has 6 heteroatoms. The van der Waals surface area contributed by atoms with Crippen LogP contribution < -0.4 is 0 Å². The van der Waals surface area contributed by atoms with Gasteiger partial charge in [0.05, 0.1) is 22.3 Å². The molecule has 104 valence electrons. The van der Waals surface area contributed by atoms with E-state index < -0.39 is 4.92 Å². The number of benzene rings is 2. The maximum absolute atomic E-state index is 11.8. The maximum atomic E-state index is 11.8. The van der Waals surface area contributed by atoms with Crippen LogP contribution in [-0.2, 0) is 0 Å². The number of carbonyl (C=O) groups excluding carboxylic acids is 1. The fourth-order valence-corrected chi connectivity index (χ4v) is 2.27. The molecule has 21 heavy (non-hydrogen) atoms. The average Bonchev–Trinajstić information content (AvgIpc) is 2.90. The van der Waals surface area contributed by atoms with E-state index in [-0.39, 0.29) is 17.0 Å². The minimum atomic E-state index is -0.516. The lowest BCUT2D eigenvalue weighted by molar-refractivity contribution is -0.384. The first-order valence-corrected chi connectivity index (χ1v) is 6.30. The number of fused-ring (bicyclic) bond motifs is 1. The Kier molecular flexibility index (Phi) is 2.98. The van der Waals surface area contributed by atoms with Crippen LogP contribution in [0.5, 0.6) is 0 Å². The summed E-state index contributed by atoms with van der Waals surface area (Å²) in [5, 5.41) is 16.1. The smallest absolute Gasteiger partial charge is 0.270 e. The van der Waals surface area contributed by atoms with E-state index in [2.05, 4.69) is 5.10 Å². The third-order valence-electron chi connectivity index (χ3n) is 3.28. The fourth-order valence-electron chi connectivity index (χ4n) is 2.27. The number of nitro benzene ring substituents is 1. The molecule has 0 bridgehead atoms. The second-order valence-corrected chi connectivity index (χ2v) is 4.63. The predicted molar refractivity (Wildman–Crippen MR) is 77.7 cm³/mol. The van der Waals surface area contributed by atoms with Gasteiger partial charge in [0.1, 0.15) is 0 Å². The molecule has 1 heterocycles. The summed E-state index contributed by atoms with van der Waals surface area (Å²) >= 11 is 0. The zero-order valence-electron chi connectivity index (χ0n) is 11.2. The fraction of sp³-hybridized carbons (Fsp3) is 0.0667. The standard InChI is InChI=1S/C15H11N3O3/c1-10(19)13-8-12(18(20)21)6-7-15(13)17-14-5-3-2-4-11(14)9-16-17/h2-9H,1H3. The first-order chi connectivity index (χ1) is 10.1. The molecule has 0 spiro atoms. The highest BCUT2D eigenvalue weighted by Gasteiger charge is 2.16. The van der Waals surface area contributed by atoms with Crippen molar-refractivity contribution in [3.8, 4) is 5.69 Å². The van der Waals surface area contributed by atoms with Crippen molar-refractivity contribution in [2.45, 2.75) is 6.92 Å². The minimum Gasteiger partial charge on any atom is -0.294 e. The number of Topliss-reactive ketones (excluding diaryl/α,β-unsaturated/α-hetero) is 1. The zero-order chi connectivity index (χ0) is 15.0. The van der Waals surface area contributed by atoms with Crippen molar-refractivity contribution in [2.24, 2.45) is 0 Å². The highest BCUT2D eigenvalue weighted by Crippen LogP contribution is 2.24. The zero-order valence-corrected chi connectivity index (χ0v) is 11.2. The van der Waals surface area contributed by atoms with Gasteiger partial charge in [-0.25, -0.2) is 4.68 Å². The van der Waals surface area contributed by atoms with Gasteiger partial charge in [-0.3, -0.25) is 14.9 Å². The lowest BCUT2D eigenvalue weighted by atomic mass is 10.1. The molecule has 0 saturated carbocycles. The number of rotatable bonds is 3. The molecule has 0 unspecified atom stereocenters. The normalized spacial score (nSPS) is 10.7. The van der Waals surface area contributed by atoms with Crippen molar-refractivity contribution in [1.82, 2.24) is 9.78 Å². The Morgan fingerprint density at radius 3 is 2.71 bits per heavy atom. The summed E-state index contributed by atoms with van der Waals surface area (Å²) in [5.74, 6) is -0.242. The number of non-ortho nitro benzene ring substituents is 1. The van der Waals surface area contributed by atoms with E-state index >= 15 is 0 Å². The lowest BCUT2D eigenvalue weighted by Gasteiger charge is -2.08. The Hall–Kier alpha value is -3.02. The Balaban J connectivity index is 2.27. The van der Waals surface area contributed by atoms with Gasteiger partial charge in [-0.1, -0.05) is 18.2 Å². The van der Waals surface area contributed by atoms with Crippen molar-refractivity contribution in [2.75, 3.05) is 0 Å². The van der Waals surface area contributed by atoms with Gasteiger partial charge in [-0.15, -0.1) is 0 Å². The molecule has 1 aromatic heterocycles. The molecule has 0 radical (unpaired) electrons. The topological polar surface area (TPSA) is 78.0 Å². The van der Waals surface area contributed by atoms with Gasteiger partial charge in [0.2, 0.25) is 0 Å². The van der Waals surface area contributed by atoms with E-state index in [0.717, 1.165) is 10.9 Å². The van der Waals surface area contributed by atoms with E-state index in [1.54, 1.807) is 16.9 Å². The molecule has 6 nitrogen and oxygen atoms in total. The van der Waals surface area contributed by atoms with Crippen molar-refractivity contribution in [3.05, 3.63) is 64.3 Å².